The van der Waals surface area contributed by atoms with E-state index in [4.69, 9.17) is 4.42 Å². The fourth-order valence-corrected chi connectivity index (χ4v) is 3.29. The van der Waals surface area contributed by atoms with Crippen molar-refractivity contribution in [3.05, 3.63) is 48.0 Å². The highest BCUT2D eigenvalue weighted by molar-refractivity contribution is 5.92. The van der Waals surface area contributed by atoms with E-state index in [9.17, 15) is 9.18 Å². The van der Waals surface area contributed by atoms with Crippen LogP contribution in [0.4, 0.5) is 4.39 Å². The molecule has 2 aliphatic rings. The molecule has 2 aliphatic heterocycles. The molecule has 1 amide bonds. The number of hydrogen-bond acceptors (Lipinski definition) is 4. The van der Waals surface area contributed by atoms with Gasteiger partial charge in [0.2, 0.25) is 0 Å². The number of rotatable bonds is 3. The fraction of sp³-hybridized carbons (Fsp3) is 0.389. The van der Waals surface area contributed by atoms with Crippen LogP contribution in [0, 0.1) is 11.7 Å². The van der Waals surface area contributed by atoms with Gasteiger partial charge in [-0.1, -0.05) is 12.1 Å². The van der Waals surface area contributed by atoms with Crippen LogP contribution in [-0.2, 0) is 0 Å². The summed E-state index contributed by atoms with van der Waals surface area (Å²) >= 11 is 0. The lowest BCUT2D eigenvalue weighted by atomic mass is 9.88. The number of furan rings is 1. The number of likely N-dealkylation sites (tertiary alicyclic amines) is 1. The first kappa shape index (κ1) is 15.1. The molecule has 24 heavy (non-hydrogen) atoms. The smallest absolute Gasteiger partial charge is 0.289 e. The second-order valence-corrected chi connectivity index (χ2v) is 6.50. The van der Waals surface area contributed by atoms with Crippen molar-refractivity contribution < 1.29 is 13.6 Å². The summed E-state index contributed by atoms with van der Waals surface area (Å²) in [6.45, 7) is 3.36. The van der Waals surface area contributed by atoms with E-state index in [1.54, 1.807) is 35.2 Å². The molecule has 3 heterocycles. The van der Waals surface area contributed by atoms with Crippen molar-refractivity contribution in [1.82, 2.24) is 4.90 Å². The standard InChI is InChI=1S/C18H18FN3O2/c1-18(20-21-18)12-8-10-22(11-9-12)17(23)16-7-6-15(24-16)13-4-2-3-5-14(13)19/h2-7,12H,8-11H2,1H3. The van der Waals surface area contributed by atoms with Crippen LogP contribution in [0.5, 0.6) is 0 Å². The molecule has 1 aromatic carbocycles. The molecule has 0 aliphatic carbocycles. The summed E-state index contributed by atoms with van der Waals surface area (Å²) in [6, 6.07) is 9.62. The Morgan fingerprint density at radius 3 is 2.58 bits per heavy atom. The minimum absolute atomic E-state index is 0.147. The highest BCUT2D eigenvalue weighted by Crippen LogP contribution is 2.41. The third-order valence-corrected chi connectivity index (χ3v) is 4.93. The highest BCUT2D eigenvalue weighted by Gasteiger charge is 2.44. The molecule has 0 bridgehead atoms. The zero-order valence-electron chi connectivity index (χ0n) is 13.4. The number of piperidine rings is 1. The molecular formula is C18H18FN3O2. The number of amides is 1. The summed E-state index contributed by atoms with van der Waals surface area (Å²) in [4.78, 5) is 14.4. The van der Waals surface area contributed by atoms with Crippen LogP contribution in [0.1, 0.15) is 30.3 Å². The summed E-state index contributed by atoms with van der Waals surface area (Å²) < 4.78 is 19.4. The Labute approximate surface area is 139 Å². The molecule has 0 spiro atoms. The zero-order valence-corrected chi connectivity index (χ0v) is 13.4. The molecular weight excluding hydrogens is 309 g/mol. The van der Waals surface area contributed by atoms with Gasteiger partial charge in [0.1, 0.15) is 11.6 Å². The SMILES string of the molecule is CC1(C2CCN(C(=O)c3ccc(-c4ccccc4F)o3)CC2)N=N1. The van der Waals surface area contributed by atoms with Crippen molar-refractivity contribution in [2.75, 3.05) is 13.1 Å². The Bertz CT molecular complexity index is 800. The third kappa shape index (κ3) is 2.62. The van der Waals surface area contributed by atoms with E-state index >= 15 is 0 Å². The average Bonchev–Trinajstić information content (AvgIpc) is 3.17. The van der Waals surface area contributed by atoms with Gasteiger partial charge in [-0.25, -0.2) is 4.39 Å². The monoisotopic (exact) mass is 327 g/mol. The van der Waals surface area contributed by atoms with Crippen molar-refractivity contribution in [2.24, 2.45) is 16.1 Å². The van der Waals surface area contributed by atoms with Crippen LogP contribution in [0.25, 0.3) is 11.3 Å². The van der Waals surface area contributed by atoms with Crippen molar-refractivity contribution in [2.45, 2.75) is 25.4 Å². The lowest BCUT2D eigenvalue weighted by Crippen LogP contribution is -2.41. The highest BCUT2D eigenvalue weighted by atomic mass is 19.1. The Morgan fingerprint density at radius 1 is 1.21 bits per heavy atom. The normalized spacial score (nSPS) is 19.5. The van der Waals surface area contributed by atoms with Gasteiger partial charge in [0.25, 0.3) is 5.91 Å². The van der Waals surface area contributed by atoms with Crippen LogP contribution < -0.4 is 0 Å². The van der Waals surface area contributed by atoms with Gasteiger partial charge >= 0.3 is 0 Å². The molecule has 2 aromatic rings. The van der Waals surface area contributed by atoms with E-state index in [0.29, 0.717) is 30.3 Å². The van der Waals surface area contributed by atoms with Crippen LogP contribution in [0.15, 0.2) is 51.0 Å². The summed E-state index contributed by atoms with van der Waals surface area (Å²) in [5.74, 6) is 0.517. The summed E-state index contributed by atoms with van der Waals surface area (Å²) in [5, 5.41) is 8.20. The van der Waals surface area contributed by atoms with Crippen LogP contribution in [-0.4, -0.2) is 29.6 Å². The largest absolute Gasteiger partial charge is 0.451 e. The molecule has 4 rings (SSSR count). The number of halogens is 1. The number of nitrogens with zero attached hydrogens (tertiary/aromatic N) is 3. The second-order valence-electron chi connectivity index (χ2n) is 6.50. The molecule has 0 radical (unpaired) electrons. The molecule has 1 saturated heterocycles. The van der Waals surface area contributed by atoms with Crippen molar-refractivity contribution in [3.8, 4) is 11.3 Å². The van der Waals surface area contributed by atoms with Gasteiger partial charge < -0.3 is 9.32 Å². The number of carbonyl (C=O) groups excluding carboxylic acids is 1. The van der Waals surface area contributed by atoms with Crippen LogP contribution in [0.2, 0.25) is 0 Å². The molecule has 0 atom stereocenters. The summed E-state index contributed by atoms with van der Waals surface area (Å²) in [6.07, 6.45) is 1.77. The second kappa shape index (κ2) is 5.54. The maximum absolute atomic E-state index is 13.8. The van der Waals surface area contributed by atoms with Crippen molar-refractivity contribution in [1.29, 1.82) is 0 Å². The Hall–Kier alpha value is -2.50. The van der Waals surface area contributed by atoms with Crippen molar-refractivity contribution in [3.63, 3.8) is 0 Å². The summed E-state index contributed by atoms with van der Waals surface area (Å²) in [7, 11) is 0. The molecule has 1 aromatic heterocycles. The summed E-state index contributed by atoms with van der Waals surface area (Å²) in [5.41, 5.74) is 0.137. The van der Waals surface area contributed by atoms with Gasteiger partial charge in [0.05, 0.1) is 5.56 Å². The van der Waals surface area contributed by atoms with E-state index in [2.05, 4.69) is 10.2 Å². The molecule has 6 heteroatoms. The van der Waals surface area contributed by atoms with E-state index in [-0.39, 0.29) is 23.1 Å². The van der Waals surface area contributed by atoms with E-state index in [1.165, 1.54) is 6.07 Å². The van der Waals surface area contributed by atoms with E-state index in [0.717, 1.165) is 12.8 Å². The first-order valence-electron chi connectivity index (χ1n) is 8.15. The average molecular weight is 327 g/mol. The fourth-order valence-electron chi connectivity index (χ4n) is 3.29. The Balaban J connectivity index is 1.45. The van der Waals surface area contributed by atoms with Crippen LogP contribution in [0.3, 0.4) is 0 Å². The molecule has 5 nitrogen and oxygen atoms in total. The van der Waals surface area contributed by atoms with E-state index < -0.39 is 0 Å². The number of carbonyl (C=O) groups is 1. The van der Waals surface area contributed by atoms with Gasteiger partial charge in [0.15, 0.2) is 11.4 Å². The molecule has 0 unspecified atom stereocenters. The first-order valence-corrected chi connectivity index (χ1v) is 8.15. The minimum Gasteiger partial charge on any atom is -0.451 e. The maximum Gasteiger partial charge on any atom is 0.289 e. The minimum atomic E-state index is -0.364. The quantitative estimate of drug-likeness (QED) is 0.851. The maximum atomic E-state index is 13.8. The molecule has 0 N–H and O–H groups in total. The lowest BCUT2D eigenvalue weighted by molar-refractivity contribution is 0.0640. The zero-order chi connectivity index (χ0) is 16.7. The van der Waals surface area contributed by atoms with Gasteiger partial charge in [-0.3, -0.25) is 4.79 Å². The number of benzene rings is 1. The van der Waals surface area contributed by atoms with Gasteiger partial charge in [-0.2, -0.15) is 10.2 Å². The molecule has 0 saturated carbocycles. The number of hydrogen-bond donors (Lipinski definition) is 0. The Morgan fingerprint density at radius 2 is 1.92 bits per heavy atom. The Kier molecular flexibility index (Phi) is 3.48. The first-order chi connectivity index (χ1) is 11.6. The van der Waals surface area contributed by atoms with Gasteiger partial charge in [-0.05, 0) is 44.0 Å². The van der Waals surface area contributed by atoms with Gasteiger partial charge in [0, 0.05) is 19.0 Å². The van der Waals surface area contributed by atoms with Gasteiger partial charge in [-0.15, -0.1) is 0 Å². The predicted octanol–water partition coefficient (Wildman–Crippen LogP) is 4.12. The van der Waals surface area contributed by atoms with Crippen LogP contribution >= 0.6 is 0 Å². The third-order valence-electron chi connectivity index (χ3n) is 4.93. The van der Waals surface area contributed by atoms with Crippen molar-refractivity contribution >= 4 is 5.91 Å². The predicted molar refractivity (Wildman–Crippen MR) is 86.0 cm³/mol. The topological polar surface area (TPSA) is 58.2 Å². The molecule has 124 valence electrons. The molecule has 1 fully saturated rings. The van der Waals surface area contributed by atoms with E-state index in [1.807, 2.05) is 6.92 Å². The lowest BCUT2D eigenvalue weighted by Gasteiger charge is -2.32.